The van der Waals surface area contributed by atoms with Crippen molar-refractivity contribution in [2.75, 3.05) is 4.72 Å². The third-order valence-corrected chi connectivity index (χ3v) is 5.17. The van der Waals surface area contributed by atoms with Crippen LogP contribution < -0.4 is 4.72 Å². The molecule has 0 spiro atoms. The number of rotatable bonds is 4. The highest BCUT2D eigenvalue weighted by atomic mass is 32.2. The van der Waals surface area contributed by atoms with Gasteiger partial charge in [0.15, 0.2) is 0 Å². The lowest BCUT2D eigenvalue weighted by atomic mass is 10.1. The molecule has 0 radical (unpaired) electrons. The number of sulfonamides is 1. The minimum absolute atomic E-state index is 0.0616. The largest absolute Gasteiger partial charge is 0.478 e. The topological polar surface area (TPSA) is 83.5 Å². The van der Waals surface area contributed by atoms with E-state index in [1.807, 2.05) is 0 Å². The molecule has 0 unspecified atom stereocenters. The molecule has 0 amide bonds. The molecule has 1 aromatic carbocycles. The van der Waals surface area contributed by atoms with E-state index in [-0.39, 0.29) is 15.5 Å². The van der Waals surface area contributed by atoms with Crippen molar-refractivity contribution in [3.63, 3.8) is 0 Å². The summed E-state index contributed by atoms with van der Waals surface area (Å²) in [4.78, 5) is 11.1. The van der Waals surface area contributed by atoms with Crippen molar-refractivity contribution in [3.8, 4) is 0 Å². The number of carboxylic acids is 1. The molecule has 0 fully saturated rings. The molecular formula is C12H11NO4S2. The van der Waals surface area contributed by atoms with Gasteiger partial charge in [0, 0.05) is 0 Å². The van der Waals surface area contributed by atoms with Crippen LogP contribution >= 0.6 is 11.3 Å². The molecular weight excluding hydrogens is 286 g/mol. The summed E-state index contributed by atoms with van der Waals surface area (Å²) in [6, 6.07) is 7.60. The molecule has 19 heavy (non-hydrogen) atoms. The number of aromatic carboxylic acids is 1. The van der Waals surface area contributed by atoms with Crippen LogP contribution in [-0.4, -0.2) is 19.5 Å². The number of benzene rings is 1. The van der Waals surface area contributed by atoms with Crippen LogP contribution in [0.25, 0.3) is 0 Å². The fourth-order valence-corrected chi connectivity index (χ4v) is 3.61. The molecule has 0 saturated carbocycles. The molecule has 5 nitrogen and oxygen atoms in total. The molecule has 0 bridgehead atoms. The number of thiophene rings is 1. The minimum Gasteiger partial charge on any atom is -0.478 e. The summed E-state index contributed by atoms with van der Waals surface area (Å²) in [5.74, 6) is -1.17. The second-order valence-corrected chi connectivity index (χ2v) is 6.75. The third-order valence-electron chi connectivity index (χ3n) is 2.41. The van der Waals surface area contributed by atoms with E-state index in [9.17, 15) is 13.2 Å². The number of hydrogen-bond acceptors (Lipinski definition) is 4. The zero-order chi connectivity index (χ0) is 14.0. The zero-order valence-corrected chi connectivity index (χ0v) is 11.6. The first kappa shape index (κ1) is 13.6. The molecule has 0 saturated heterocycles. The summed E-state index contributed by atoms with van der Waals surface area (Å²) >= 11 is 1.07. The molecule has 0 aliphatic heterocycles. The number of carbonyl (C=O) groups is 1. The van der Waals surface area contributed by atoms with Gasteiger partial charge in [0.05, 0.1) is 11.3 Å². The normalized spacial score (nSPS) is 11.2. The van der Waals surface area contributed by atoms with E-state index in [0.29, 0.717) is 0 Å². The minimum atomic E-state index is -3.73. The van der Waals surface area contributed by atoms with Gasteiger partial charge in [-0.15, -0.1) is 11.3 Å². The van der Waals surface area contributed by atoms with Crippen LogP contribution in [0.2, 0.25) is 0 Å². The Bertz CT molecular complexity index is 705. The number of carboxylic acid groups (broad SMARTS) is 1. The average molecular weight is 297 g/mol. The van der Waals surface area contributed by atoms with Gasteiger partial charge in [0.25, 0.3) is 10.0 Å². The Hall–Kier alpha value is -1.86. The van der Waals surface area contributed by atoms with Crippen LogP contribution in [0.5, 0.6) is 0 Å². The quantitative estimate of drug-likeness (QED) is 0.908. The summed E-state index contributed by atoms with van der Waals surface area (Å²) in [6.07, 6.45) is 0. The third kappa shape index (κ3) is 2.94. The predicted molar refractivity (Wildman–Crippen MR) is 73.3 cm³/mol. The predicted octanol–water partition coefficient (Wildman–Crippen LogP) is 2.56. The van der Waals surface area contributed by atoms with Crippen LogP contribution in [0.1, 0.15) is 15.9 Å². The van der Waals surface area contributed by atoms with Crippen LogP contribution in [0.4, 0.5) is 5.69 Å². The van der Waals surface area contributed by atoms with Crippen LogP contribution in [0, 0.1) is 6.92 Å². The van der Waals surface area contributed by atoms with Crippen molar-refractivity contribution in [1.82, 2.24) is 0 Å². The van der Waals surface area contributed by atoms with Gasteiger partial charge in [-0.05, 0) is 30.5 Å². The van der Waals surface area contributed by atoms with E-state index in [1.165, 1.54) is 18.2 Å². The van der Waals surface area contributed by atoms with Crippen molar-refractivity contribution in [1.29, 1.82) is 0 Å². The molecule has 7 heteroatoms. The maximum Gasteiger partial charge on any atom is 0.337 e. The number of anilines is 1. The highest BCUT2D eigenvalue weighted by Gasteiger charge is 2.19. The van der Waals surface area contributed by atoms with Gasteiger partial charge in [-0.3, -0.25) is 4.72 Å². The van der Waals surface area contributed by atoms with Gasteiger partial charge in [-0.2, -0.15) is 0 Å². The Kier molecular flexibility index (Phi) is 3.59. The summed E-state index contributed by atoms with van der Waals surface area (Å²) < 4.78 is 26.5. The van der Waals surface area contributed by atoms with Crippen molar-refractivity contribution in [3.05, 3.63) is 46.8 Å². The van der Waals surface area contributed by atoms with Crippen LogP contribution in [0.3, 0.4) is 0 Å². The van der Waals surface area contributed by atoms with E-state index in [4.69, 9.17) is 5.11 Å². The number of hydrogen-bond donors (Lipinski definition) is 2. The standard InChI is InChI=1S/C12H11NO4S2/c1-8-4-5-10(9(7-8)12(14)15)13-19(16,17)11-3-2-6-18-11/h2-7,13H,1H3,(H,14,15). The molecule has 1 aromatic heterocycles. The Morgan fingerprint density at radius 1 is 1.32 bits per heavy atom. The molecule has 100 valence electrons. The fraction of sp³-hybridized carbons (Fsp3) is 0.0833. The molecule has 1 heterocycles. The van der Waals surface area contributed by atoms with Gasteiger partial charge in [-0.25, -0.2) is 13.2 Å². The summed E-state index contributed by atoms with van der Waals surface area (Å²) in [7, 11) is -3.73. The first-order valence-electron chi connectivity index (χ1n) is 5.30. The molecule has 0 atom stereocenters. The van der Waals surface area contributed by atoms with E-state index in [0.717, 1.165) is 16.9 Å². The highest BCUT2D eigenvalue weighted by Crippen LogP contribution is 2.23. The zero-order valence-electron chi connectivity index (χ0n) is 9.95. The average Bonchev–Trinajstić information content (AvgIpc) is 2.85. The lowest BCUT2D eigenvalue weighted by Crippen LogP contribution is -2.14. The van der Waals surface area contributed by atoms with E-state index in [1.54, 1.807) is 24.4 Å². The second-order valence-electron chi connectivity index (χ2n) is 3.89. The summed E-state index contributed by atoms with van der Waals surface area (Å²) in [5.41, 5.74) is 0.739. The van der Waals surface area contributed by atoms with E-state index in [2.05, 4.69) is 4.72 Å². The van der Waals surface area contributed by atoms with Crippen LogP contribution in [-0.2, 0) is 10.0 Å². The first-order valence-corrected chi connectivity index (χ1v) is 7.67. The molecule has 0 aliphatic carbocycles. The summed E-state index contributed by atoms with van der Waals surface area (Å²) in [5, 5.41) is 10.7. The maximum atomic E-state index is 12.0. The fourth-order valence-electron chi connectivity index (χ4n) is 1.54. The number of aryl methyl sites for hydroxylation is 1. The van der Waals surface area contributed by atoms with Gasteiger partial charge < -0.3 is 5.11 Å². The SMILES string of the molecule is Cc1ccc(NS(=O)(=O)c2cccs2)c(C(=O)O)c1. The highest BCUT2D eigenvalue weighted by molar-refractivity contribution is 7.94. The Morgan fingerprint density at radius 2 is 2.05 bits per heavy atom. The smallest absolute Gasteiger partial charge is 0.337 e. The maximum absolute atomic E-state index is 12.0. The molecule has 2 rings (SSSR count). The Morgan fingerprint density at radius 3 is 2.63 bits per heavy atom. The van der Waals surface area contributed by atoms with Gasteiger partial charge in [0.1, 0.15) is 4.21 Å². The monoisotopic (exact) mass is 297 g/mol. The molecule has 0 aliphatic rings. The molecule has 2 aromatic rings. The second kappa shape index (κ2) is 5.02. The Balaban J connectivity index is 2.42. The molecule has 2 N–H and O–H groups in total. The van der Waals surface area contributed by atoms with Crippen molar-refractivity contribution in [2.24, 2.45) is 0 Å². The van der Waals surface area contributed by atoms with E-state index < -0.39 is 16.0 Å². The van der Waals surface area contributed by atoms with Gasteiger partial charge in [-0.1, -0.05) is 17.7 Å². The Labute approximate surface area is 114 Å². The van der Waals surface area contributed by atoms with Crippen molar-refractivity contribution >= 4 is 33.0 Å². The van der Waals surface area contributed by atoms with Crippen molar-refractivity contribution in [2.45, 2.75) is 11.1 Å². The van der Waals surface area contributed by atoms with Crippen molar-refractivity contribution < 1.29 is 18.3 Å². The van der Waals surface area contributed by atoms with Gasteiger partial charge >= 0.3 is 5.97 Å². The van der Waals surface area contributed by atoms with E-state index >= 15 is 0 Å². The number of nitrogens with one attached hydrogen (secondary N) is 1. The lowest BCUT2D eigenvalue weighted by Gasteiger charge is -2.09. The first-order chi connectivity index (χ1) is 8.90. The van der Waals surface area contributed by atoms with Gasteiger partial charge in [0.2, 0.25) is 0 Å². The summed E-state index contributed by atoms with van der Waals surface area (Å²) in [6.45, 7) is 1.74. The van der Waals surface area contributed by atoms with Crippen LogP contribution in [0.15, 0.2) is 39.9 Å². The lowest BCUT2D eigenvalue weighted by molar-refractivity contribution is 0.0698.